The highest BCUT2D eigenvalue weighted by Crippen LogP contribution is 2.38. The van der Waals surface area contributed by atoms with Gasteiger partial charge in [0.05, 0.1) is 12.5 Å². The SMILES string of the molecule is COc1c(F)c(F)cc2c(=O)n(N)c(=O)n(C3CC3)c12. The quantitative estimate of drug-likeness (QED) is 0.814. The number of rotatable bonds is 2. The van der Waals surface area contributed by atoms with Crippen LogP contribution in [0.2, 0.25) is 0 Å². The molecule has 2 aromatic rings. The first-order chi connectivity index (χ1) is 9.47. The molecule has 0 atom stereocenters. The van der Waals surface area contributed by atoms with Gasteiger partial charge in [-0.1, -0.05) is 0 Å². The van der Waals surface area contributed by atoms with Crippen LogP contribution in [0.4, 0.5) is 8.78 Å². The molecule has 0 amide bonds. The molecule has 2 N–H and O–H groups in total. The summed E-state index contributed by atoms with van der Waals surface area (Å²) in [6.45, 7) is 0. The second-order valence-electron chi connectivity index (χ2n) is 4.66. The van der Waals surface area contributed by atoms with Gasteiger partial charge in [-0.15, -0.1) is 0 Å². The summed E-state index contributed by atoms with van der Waals surface area (Å²) in [7, 11) is 1.15. The van der Waals surface area contributed by atoms with E-state index in [-0.39, 0.29) is 16.9 Å². The minimum atomic E-state index is -1.23. The lowest BCUT2D eigenvalue weighted by molar-refractivity contribution is 0.374. The number of hydrogen-bond acceptors (Lipinski definition) is 4. The second-order valence-corrected chi connectivity index (χ2v) is 4.66. The highest BCUT2D eigenvalue weighted by atomic mass is 19.2. The van der Waals surface area contributed by atoms with Gasteiger partial charge < -0.3 is 10.6 Å². The molecule has 1 aliphatic carbocycles. The van der Waals surface area contributed by atoms with Gasteiger partial charge in [-0.25, -0.2) is 9.18 Å². The number of hydrogen-bond donors (Lipinski definition) is 1. The van der Waals surface area contributed by atoms with Crippen molar-refractivity contribution in [2.45, 2.75) is 18.9 Å². The van der Waals surface area contributed by atoms with Crippen molar-refractivity contribution in [1.82, 2.24) is 9.24 Å². The Morgan fingerprint density at radius 3 is 2.55 bits per heavy atom. The van der Waals surface area contributed by atoms with Crippen molar-refractivity contribution in [2.75, 3.05) is 13.0 Å². The third-order valence-corrected chi connectivity index (χ3v) is 3.37. The molecule has 0 unspecified atom stereocenters. The molecule has 1 aliphatic rings. The molecule has 20 heavy (non-hydrogen) atoms. The van der Waals surface area contributed by atoms with E-state index in [9.17, 15) is 18.4 Å². The van der Waals surface area contributed by atoms with Crippen molar-refractivity contribution in [1.29, 1.82) is 0 Å². The van der Waals surface area contributed by atoms with Crippen molar-refractivity contribution in [2.24, 2.45) is 0 Å². The molecule has 0 aliphatic heterocycles. The van der Waals surface area contributed by atoms with Crippen molar-refractivity contribution in [3.05, 3.63) is 38.5 Å². The molecule has 0 radical (unpaired) electrons. The van der Waals surface area contributed by atoms with Crippen molar-refractivity contribution < 1.29 is 13.5 Å². The normalized spacial score (nSPS) is 14.8. The lowest BCUT2D eigenvalue weighted by Gasteiger charge is -2.14. The van der Waals surface area contributed by atoms with Gasteiger partial charge in [-0.3, -0.25) is 9.36 Å². The molecule has 6 nitrogen and oxygen atoms in total. The van der Waals surface area contributed by atoms with E-state index >= 15 is 0 Å². The maximum Gasteiger partial charge on any atom is 0.350 e. The number of nitrogens with two attached hydrogens (primary N) is 1. The summed E-state index contributed by atoms with van der Waals surface area (Å²) in [5, 5.41) is -0.185. The zero-order chi connectivity index (χ0) is 14.6. The van der Waals surface area contributed by atoms with Gasteiger partial charge in [-0.05, 0) is 18.9 Å². The lowest BCUT2D eigenvalue weighted by Crippen LogP contribution is -2.44. The Morgan fingerprint density at radius 2 is 2.00 bits per heavy atom. The van der Waals surface area contributed by atoms with Crippen LogP contribution in [0.15, 0.2) is 15.7 Å². The van der Waals surface area contributed by atoms with Crippen LogP contribution < -0.4 is 21.8 Å². The number of benzene rings is 1. The van der Waals surface area contributed by atoms with Crippen LogP contribution in [0.25, 0.3) is 10.9 Å². The van der Waals surface area contributed by atoms with E-state index in [0.717, 1.165) is 13.2 Å². The number of halogens is 2. The number of nitrogens with zero attached hydrogens (tertiary/aromatic N) is 2. The Balaban J connectivity index is 2.62. The first kappa shape index (κ1) is 12.6. The molecule has 1 aromatic heterocycles. The van der Waals surface area contributed by atoms with E-state index in [2.05, 4.69) is 0 Å². The van der Waals surface area contributed by atoms with Crippen LogP contribution in [-0.2, 0) is 0 Å². The molecule has 1 saturated carbocycles. The maximum absolute atomic E-state index is 13.8. The first-order valence-corrected chi connectivity index (χ1v) is 5.95. The Hall–Kier alpha value is -2.38. The zero-order valence-electron chi connectivity index (χ0n) is 10.5. The van der Waals surface area contributed by atoms with Gasteiger partial charge in [-0.2, -0.15) is 9.07 Å². The highest BCUT2D eigenvalue weighted by molar-refractivity contribution is 5.85. The number of nitrogen functional groups attached to an aromatic ring is 1. The van der Waals surface area contributed by atoms with Gasteiger partial charge in [0.2, 0.25) is 5.82 Å². The third kappa shape index (κ3) is 1.54. The molecular formula is C12H11F2N3O3. The number of fused-ring (bicyclic) bond motifs is 1. The fourth-order valence-corrected chi connectivity index (χ4v) is 2.28. The van der Waals surface area contributed by atoms with Gasteiger partial charge in [0.1, 0.15) is 5.52 Å². The number of methoxy groups -OCH3 is 1. The molecule has 1 fully saturated rings. The van der Waals surface area contributed by atoms with Crippen LogP contribution in [0.3, 0.4) is 0 Å². The largest absolute Gasteiger partial charge is 0.491 e. The van der Waals surface area contributed by atoms with Gasteiger partial charge in [0, 0.05) is 6.04 Å². The Labute approximate surface area is 111 Å². The average Bonchev–Trinajstić information content (AvgIpc) is 3.24. The van der Waals surface area contributed by atoms with Crippen LogP contribution in [0, 0.1) is 11.6 Å². The summed E-state index contributed by atoms with van der Waals surface area (Å²) < 4.78 is 33.8. The van der Waals surface area contributed by atoms with Crippen molar-refractivity contribution in [3.63, 3.8) is 0 Å². The summed E-state index contributed by atoms with van der Waals surface area (Å²) in [5.74, 6) is 2.49. The van der Waals surface area contributed by atoms with E-state index in [4.69, 9.17) is 10.6 Å². The van der Waals surface area contributed by atoms with Crippen molar-refractivity contribution in [3.8, 4) is 5.75 Å². The predicted octanol–water partition coefficient (Wildman–Crippen LogP) is 0.499. The van der Waals surface area contributed by atoms with E-state index in [0.29, 0.717) is 17.5 Å². The number of ether oxygens (including phenoxy) is 1. The van der Waals surface area contributed by atoms with Crippen LogP contribution in [0.1, 0.15) is 18.9 Å². The molecule has 106 valence electrons. The standard InChI is InChI=1S/C12H11F2N3O3/c1-20-10-8(14)7(13)4-6-9(10)16(5-2-3-5)12(19)17(15)11(6)18/h4-5H,2-3,15H2,1H3. The molecule has 1 aromatic carbocycles. The molecular weight excluding hydrogens is 272 g/mol. The van der Waals surface area contributed by atoms with Gasteiger partial charge in [0.15, 0.2) is 11.6 Å². The van der Waals surface area contributed by atoms with Gasteiger partial charge in [0.25, 0.3) is 5.56 Å². The Kier molecular flexibility index (Phi) is 2.56. The maximum atomic E-state index is 13.8. The van der Waals surface area contributed by atoms with E-state index < -0.39 is 28.6 Å². The summed E-state index contributed by atoms with van der Waals surface area (Å²) in [6, 6.07) is 0.552. The highest BCUT2D eigenvalue weighted by Gasteiger charge is 2.31. The van der Waals surface area contributed by atoms with Crippen molar-refractivity contribution >= 4 is 10.9 Å². The number of aromatic nitrogens is 2. The molecule has 1 heterocycles. The van der Waals surface area contributed by atoms with E-state index in [1.807, 2.05) is 0 Å². The fraction of sp³-hybridized carbons (Fsp3) is 0.333. The summed E-state index contributed by atoms with van der Waals surface area (Å²) in [4.78, 5) is 24.0. The van der Waals surface area contributed by atoms with E-state index in [1.54, 1.807) is 0 Å². The molecule has 0 saturated heterocycles. The topological polar surface area (TPSA) is 79.2 Å². The second kappa shape index (κ2) is 4.06. The summed E-state index contributed by atoms with van der Waals surface area (Å²) in [6.07, 6.45) is 1.41. The fourth-order valence-electron chi connectivity index (χ4n) is 2.28. The lowest BCUT2D eigenvalue weighted by atomic mass is 10.2. The zero-order valence-corrected chi connectivity index (χ0v) is 10.5. The molecule has 0 bridgehead atoms. The van der Waals surface area contributed by atoms with Crippen LogP contribution in [0.5, 0.6) is 5.75 Å². The average molecular weight is 283 g/mol. The summed E-state index contributed by atoms with van der Waals surface area (Å²) >= 11 is 0. The third-order valence-electron chi connectivity index (χ3n) is 3.37. The molecule has 8 heteroatoms. The minimum Gasteiger partial charge on any atom is -0.491 e. The van der Waals surface area contributed by atoms with Crippen LogP contribution in [-0.4, -0.2) is 16.4 Å². The first-order valence-electron chi connectivity index (χ1n) is 5.95. The molecule has 0 spiro atoms. The smallest absolute Gasteiger partial charge is 0.350 e. The van der Waals surface area contributed by atoms with E-state index in [1.165, 1.54) is 4.57 Å². The Bertz CT molecular complexity index is 837. The predicted molar refractivity (Wildman–Crippen MR) is 67.4 cm³/mol. The summed E-state index contributed by atoms with van der Waals surface area (Å²) in [5.41, 5.74) is -1.71. The minimum absolute atomic E-state index is 0.0504. The van der Waals surface area contributed by atoms with Gasteiger partial charge >= 0.3 is 5.69 Å². The molecule has 3 rings (SSSR count). The monoisotopic (exact) mass is 283 g/mol. The van der Waals surface area contributed by atoms with Crippen LogP contribution >= 0.6 is 0 Å². The Morgan fingerprint density at radius 1 is 1.35 bits per heavy atom.